The zero-order valence-electron chi connectivity index (χ0n) is 18.8. The van der Waals surface area contributed by atoms with Gasteiger partial charge in [-0.05, 0) is 31.7 Å². The third-order valence-electron chi connectivity index (χ3n) is 7.11. The molecule has 1 aromatic rings. The van der Waals surface area contributed by atoms with Gasteiger partial charge < -0.3 is 25.4 Å². The Morgan fingerprint density at radius 2 is 2.03 bits per heavy atom. The fraction of sp³-hybridized carbons (Fsp3) is 0.625. The minimum atomic E-state index is -1.01. The Kier molecular flexibility index (Phi) is 6.53. The fourth-order valence-electron chi connectivity index (χ4n) is 5.83. The van der Waals surface area contributed by atoms with Gasteiger partial charge in [-0.1, -0.05) is 43.7 Å². The number of nitrogens with one attached hydrogen (secondary N) is 2. The van der Waals surface area contributed by atoms with E-state index in [9.17, 15) is 19.5 Å². The summed E-state index contributed by atoms with van der Waals surface area (Å²) in [6, 6.07) is 8.74. The quantitative estimate of drug-likeness (QED) is 0.527. The number of hydrogen-bond acceptors (Lipinski definition) is 5. The van der Waals surface area contributed by atoms with Crippen molar-refractivity contribution in [2.45, 2.75) is 69.9 Å². The van der Waals surface area contributed by atoms with E-state index >= 15 is 0 Å². The molecule has 3 aliphatic heterocycles. The molecular formula is C24H33N3O5. The highest BCUT2D eigenvalue weighted by Gasteiger charge is 2.74. The third-order valence-corrected chi connectivity index (χ3v) is 7.11. The van der Waals surface area contributed by atoms with Crippen LogP contribution in [0.5, 0.6) is 0 Å². The van der Waals surface area contributed by atoms with E-state index in [2.05, 4.69) is 17.6 Å². The number of carbonyl (C=O) groups is 3. The Bertz CT molecular complexity index is 862. The first-order valence-corrected chi connectivity index (χ1v) is 11.6. The van der Waals surface area contributed by atoms with E-state index < -0.39 is 23.5 Å². The molecule has 1 aromatic carbocycles. The Balaban J connectivity index is 1.56. The number of fused-ring (bicyclic) bond motifs is 1. The van der Waals surface area contributed by atoms with Crippen molar-refractivity contribution in [3.63, 3.8) is 0 Å². The van der Waals surface area contributed by atoms with Crippen LogP contribution in [0.25, 0.3) is 0 Å². The molecule has 0 aromatic heterocycles. The van der Waals surface area contributed by atoms with E-state index in [1.54, 1.807) is 0 Å². The van der Waals surface area contributed by atoms with Crippen molar-refractivity contribution in [2.75, 3.05) is 13.2 Å². The standard InChI is InChI=1S/C24H33N3O5/c1-3-7-15(2)26-22(30)20-24-11-10-17(32-24)18(19(24)23(31)27(20)12-13-28)21(29)25-14-16-8-5-4-6-9-16/h4-6,8-9,15,17-20,28H,3,7,10-14H2,1-2H3,(H,25,29)(H,26,30)/t15?,17-,18+,19+,20?,24?/m1/s1. The molecule has 32 heavy (non-hydrogen) atoms. The molecule has 3 unspecified atom stereocenters. The summed E-state index contributed by atoms with van der Waals surface area (Å²) in [6.45, 7) is 4.15. The van der Waals surface area contributed by atoms with Gasteiger partial charge in [0, 0.05) is 19.1 Å². The molecule has 3 aliphatic rings. The van der Waals surface area contributed by atoms with Crippen LogP contribution in [0.2, 0.25) is 0 Å². The fourth-order valence-corrected chi connectivity index (χ4v) is 5.83. The largest absolute Gasteiger partial charge is 0.395 e. The minimum Gasteiger partial charge on any atom is -0.395 e. The minimum absolute atomic E-state index is 0.0300. The summed E-state index contributed by atoms with van der Waals surface area (Å²) < 4.78 is 6.33. The van der Waals surface area contributed by atoms with Crippen molar-refractivity contribution in [1.82, 2.24) is 15.5 Å². The highest BCUT2D eigenvalue weighted by Crippen LogP contribution is 2.58. The first kappa shape index (κ1) is 22.7. The summed E-state index contributed by atoms with van der Waals surface area (Å²) >= 11 is 0. The number of aliphatic hydroxyl groups excluding tert-OH is 1. The van der Waals surface area contributed by atoms with Crippen molar-refractivity contribution < 1.29 is 24.2 Å². The molecule has 174 valence electrons. The first-order valence-electron chi connectivity index (χ1n) is 11.6. The topological polar surface area (TPSA) is 108 Å². The van der Waals surface area contributed by atoms with Crippen molar-refractivity contribution in [3.8, 4) is 0 Å². The highest BCUT2D eigenvalue weighted by atomic mass is 16.5. The predicted octanol–water partition coefficient (Wildman–Crippen LogP) is 0.975. The number of carbonyl (C=O) groups excluding carboxylic acids is 3. The Morgan fingerprint density at radius 3 is 2.72 bits per heavy atom. The number of rotatable bonds is 9. The van der Waals surface area contributed by atoms with E-state index in [-0.39, 0.29) is 43.0 Å². The number of hydrogen-bond donors (Lipinski definition) is 3. The van der Waals surface area contributed by atoms with Gasteiger partial charge in [-0.3, -0.25) is 14.4 Å². The zero-order chi connectivity index (χ0) is 22.9. The summed E-state index contributed by atoms with van der Waals surface area (Å²) in [6.07, 6.45) is 2.57. The van der Waals surface area contributed by atoms with E-state index in [0.29, 0.717) is 19.4 Å². The second-order valence-corrected chi connectivity index (χ2v) is 9.21. The average molecular weight is 444 g/mol. The number of amides is 3. The summed E-state index contributed by atoms with van der Waals surface area (Å²) in [7, 11) is 0. The van der Waals surface area contributed by atoms with Crippen molar-refractivity contribution in [1.29, 1.82) is 0 Å². The highest BCUT2D eigenvalue weighted by molar-refractivity contribution is 5.99. The molecule has 8 heteroatoms. The zero-order valence-corrected chi connectivity index (χ0v) is 18.8. The summed E-state index contributed by atoms with van der Waals surface area (Å²) in [5, 5.41) is 15.6. The molecule has 3 saturated heterocycles. The molecule has 3 N–H and O–H groups in total. The lowest BCUT2D eigenvalue weighted by Gasteiger charge is -2.34. The monoisotopic (exact) mass is 443 g/mol. The van der Waals surface area contributed by atoms with Gasteiger partial charge >= 0.3 is 0 Å². The molecule has 1 spiro atoms. The van der Waals surface area contributed by atoms with Crippen molar-refractivity contribution >= 4 is 17.7 Å². The van der Waals surface area contributed by atoms with Gasteiger partial charge in [0.15, 0.2) is 0 Å². The van der Waals surface area contributed by atoms with Gasteiger partial charge in [0.05, 0.1) is 24.5 Å². The van der Waals surface area contributed by atoms with E-state index in [4.69, 9.17) is 4.74 Å². The Morgan fingerprint density at radius 1 is 1.28 bits per heavy atom. The number of aliphatic hydroxyl groups is 1. The van der Waals surface area contributed by atoms with Crippen LogP contribution in [0.4, 0.5) is 0 Å². The van der Waals surface area contributed by atoms with E-state index in [1.165, 1.54) is 4.90 Å². The summed E-state index contributed by atoms with van der Waals surface area (Å²) in [5.74, 6) is -2.10. The molecule has 8 nitrogen and oxygen atoms in total. The molecule has 4 rings (SSSR count). The smallest absolute Gasteiger partial charge is 0.246 e. The Labute approximate surface area is 188 Å². The molecule has 0 radical (unpaired) electrons. The van der Waals surface area contributed by atoms with Gasteiger partial charge in [-0.25, -0.2) is 0 Å². The Hall–Kier alpha value is -2.45. The SMILES string of the molecule is CCCC(C)NC(=O)C1N(CCO)C(=O)[C@@H]2[C@@H](C(=O)NCc3ccccc3)[C@H]3CCC12O3. The van der Waals surface area contributed by atoms with Crippen molar-refractivity contribution in [2.24, 2.45) is 11.8 Å². The van der Waals surface area contributed by atoms with Gasteiger partial charge in [0.25, 0.3) is 0 Å². The van der Waals surface area contributed by atoms with Crippen LogP contribution in [-0.2, 0) is 25.7 Å². The molecule has 3 heterocycles. The average Bonchev–Trinajstić information content (AvgIpc) is 3.41. The van der Waals surface area contributed by atoms with Crippen LogP contribution in [0.3, 0.4) is 0 Å². The molecular weight excluding hydrogens is 410 g/mol. The predicted molar refractivity (Wildman–Crippen MR) is 117 cm³/mol. The van der Waals surface area contributed by atoms with E-state index in [1.807, 2.05) is 37.3 Å². The third kappa shape index (κ3) is 3.79. The van der Waals surface area contributed by atoms with E-state index in [0.717, 1.165) is 18.4 Å². The van der Waals surface area contributed by atoms with Crippen LogP contribution < -0.4 is 10.6 Å². The lowest BCUT2D eigenvalue weighted by Crippen LogP contribution is -2.56. The summed E-state index contributed by atoms with van der Waals surface area (Å²) in [4.78, 5) is 41.4. The number of ether oxygens (including phenoxy) is 1. The van der Waals surface area contributed by atoms with Gasteiger partial charge in [0.1, 0.15) is 11.6 Å². The molecule has 6 atom stereocenters. The number of β-amino-alcohol motifs (C(OH)–C–C–N with tert-alkyl or cyclic N) is 1. The maximum atomic E-state index is 13.5. The van der Waals surface area contributed by atoms with Crippen LogP contribution in [0, 0.1) is 11.8 Å². The van der Waals surface area contributed by atoms with Crippen LogP contribution in [0.1, 0.15) is 45.1 Å². The van der Waals surface area contributed by atoms with Gasteiger partial charge in [0.2, 0.25) is 17.7 Å². The van der Waals surface area contributed by atoms with Crippen LogP contribution in [0.15, 0.2) is 30.3 Å². The van der Waals surface area contributed by atoms with Gasteiger partial charge in [-0.15, -0.1) is 0 Å². The maximum absolute atomic E-state index is 13.5. The maximum Gasteiger partial charge on any atom is 0.246 e. The number of nitrogens with zero attached hydrogens (tertiary/aromatic N) is 1. The summed E-state index contributed by atoms with van der Waals surface area (Å²) in [5.41, 5.74) is -0.0386. The van der Waals surface area contributed by atoms with Crippen molar-refractivity contribution in [3.05, 3.63) is 35.9 Å². The van der Waals surface area contributed by atoms with Gasteiger partial charge in [-0.2, -0.15) is 0 Å². The molecule has 2 bridgehead atoms. The first-order chi connectivity index (χ1) is 15.4. The normalized spacial score (nSPS) is 31.5. The molecule has 3 fully saturated rings. The van der Waals surface area contributed by atoms with Crippen LogP contribution in [-0.4, -0.2) is 64.7 Å². The number of likely N-dealkylation sites (tertiary alicyclic amines) is 1. The lowest BCUT2D eigenvalue weighted by molar-refractivity contribution is -0.142. The molecule has 0 saturated carbocycles. The second-order valence-electron chi connectivity index (χ2n) is 9.21. The lowest BCUT2D eigenvalue weighted by atomic mass is 9.70. The molecule has 0 aliphatic carbocycles. The molecule has 3 amide bonds. The number of benzene rings is 1. The second kappa shape index (κ2) is 9.19. The van der Waals surface area contributed by atoms with Crippen LogP contribution >= 0.6 is 0 Å².